The molecule has 2 saturated heterocycles. The molecule has 0 aromatic heterocycles. The molecule has 2 N–H and O–H groups in total. The average molecular weight is 424 g/mol. The number of β-amino-alcohol motifs (C(OH)–C–C–N with tert-alkyl or cyclic N) is 2. The Morgan fingerprint density at radius 1 is 1.07 bits per heavy atom. The number of methoxy groups -OCH3 is 1. The van der Waals surface area contributed by atoms with E-state index in [9.17, 15) is 15.2 Å². The number of aliphatic hydroxyl groups is 2. The standard InChI is InChI=1S/C20H33N5O5/c1-30-16-18(27)15-22-6-8-23(9-7-22)17-2-3-19(25(28)29)20(14-17)24-10-4-21(5-11-24)12-13-26/h2-3,14,18,26-27H,4-13,15-16H2,1H3/t18-/m0/s1. The lowest BCUT2D eigenvalue weighted by atomic mass is 10.1. The van der Waals surface area contributed by atoms with Crippen LogP contribution in [-0.2, 0) is 4.74 Å². The first-order valence-electron chi connectivity index (χ1n) is 10.5. The number of hydrogen-bond acceptors (Lipinski definition) is 9. The Hall–Kier alpha value is -1.98. The summed E-state index contributed by atoms with van der Waals surface area (Å²) >= 11 is 0. The summed E-state index contributed by atoms with van der Waals surface area (Å²) in [5.41, 5.74) is 1.79. The molecule has 0 bridgehead atoms. The zero-order valence-electron chi connectivity index (χ0n) is 17.6. The maximum atomic E-state index is 11.6. The molecule has 10 heteroatoms. The Labute approximate surface area is 177 Å². The molecule has 1 aromatic carbocycles. The summed E-state index contributed by atoms with van der Waals surface area (Å²) < 4.78 is 4.99. The third-order valence-electron chi connectivity index (χ3n) is 5.85. The number of anilines is 2. The third kappa shape index (κ3) is 5.79. The molecule has 2 fully saturated rings. The van der Waals surface area contributed by atoms with E-state index in [2.05, 4.69) is 19.6 Å². The van der Waals surface area contributed by atoms with Crippen LogP contribution < -0.4 is 9.80 Å². The van der Waals surface area contributed by atoms with Crippen molar-refractivity contribution in [1.29, 1.82) is 0 Å². The number of nitro groups is 1. The molecule has 10 nitrogen and oxygen atoms in total. The molecular weight excluding hydrogens is 390 g/mol. The number of benzene rings is 1. The summed E-state index contributed by atoms with van der Waals surface area (Å²) in [4.78, 5) is 20.0. The summed E-state index contributed by atoms with van der Waals surface area (Å²) in [6.07, 6.45) is -0.489. The van der Waals surface area contributed by atoms with E-state index in [4.69, 9.17) is 9.84 Å². The Morgan fingerprint density at radius 3 is 2.30 bits per heavy atom. The fourth-order valence-corrected chi connectivity index (χ4v) is 4.20. The van der Waals surface area contributed by atoms with Crippen molar-refractivity contribution >= 4 is 17.1 Å². The minimum absolute atomic E-state index is 0.129. The summed E-state index contributed by atoms with van der Waals surface area (Å²) in [7, 11) is 1.58. The number of nitro benzene ring substituents is 1. The molecule has 2 aliphatic heterocycles. The van der Waals surface area contributed by atoms with Gasteiger partial charge in [0.1, 0.15) is 5.69 Å². The Balaban J connectivity index is 1.66. The molecule has 0 amide bonds. The molecule has 2 heterocycles. The van der Waals surface area contributed by atoms with Crippen molar-refractivity contribution in [3.63, 3.8) is 0 Å². The van der Waals surface area contributed by atoms with E-state index in [0.29, 0.717) is 38.5 Å². The zero-order valence-corrected chi connectivity index (χ0v) is 17.6. The van der Waals surface area contributed by atoms with Gasteiger partial charge in [0.15, 0.2) is 0 Å². The van der Waals surface area contributed by atoms with Crippen LogP contribution in [0.3, 0.4) is 0 Å². The molecule has 0 spiro atoms. The molecule has 0 saturated carbocycles. The minimum atomic E-state index is -0.489. The van der Waals surface area contributed by atoms with Gasteiger partial charge in [0.05, 0.1) is 24.2 Å². The molecular formula is C20H33N5O5. The van der Waals surface area contributed by atoms with E-state index >= 15 is 0 Å². The normalized spacial score (nSPS) is 19.8. The van der Waals surface area contributed by atoms with Gasteiger partial charge >= 0.3 is 0 Å². The average Bonchev–Trinajstić information content (AvgIpc) is 2.75. The van der Waals surface area contributed by atoms with Crippen LogP contribution in [0, 0.1) is 10.1 Å². The fraction of sp³-hybridized carbons (Fsp3) is 0.700. The fourth-order valence-electron chi connectivity index (χ4n) is 4.20. The van der Waals surface area contributed by atoms with Crippen LogP contribution in [0.5, 0.6) is 0 Å². The molecule has 2 aliphatic rings. The maximum absolute atomic E-state index is 11.6. The predicted octanol–water partition coefficient (Wildman–Crippen LogP) is -0.162. The first-order chi connectivity index (χ1) is 14.5. The van der Waals surface area contributed by atoms with Gasteiger partial charge in [-0.15, -0.1) is 0 Å². The van der Waals surface area contributed by atoms with Gasteiger partial charge in [-0.3, -0.25) is 19.9 Å². The molecule has 30 heavy (non-hydrogen) atoms. The summed E-state index contributed by atoms with van der Waals surface area (Å²) in [5.74, 6) is 0. The Morgan fingerprint density at radius 2 is 1.70 bits per heavy atom. The summed E-state index contributed by atoms with van der Waals surface area (Å²) in [6, 6.07) is 5.38. The van der Waals surface area contributed by atoms with Gasteiger partial charge in [0, 0.05) is 84.3 Å². The van der Waals surface area contributed by atoms with E-state index in [1.807, 2.05) is 12.1 Å². The second-order valence-electron chi connectivity index (χ2n) is 7.88. The van der Waals surface area contributed by atoms with Crippen LogP contribution in [0.4, 0.5) is 17.1 Å². The molecule has 0 unspecified atom stereocenters. The highest BCUT2D eigenvalue weighted by molar-refractivity contribution is 5.70. The van der Waals surface area contributed by atoms with Crippen molar-refractivity contribution in [2.75, 3.05) is 95.6 Å². The lowest BCUT2D eigenvalue weighted by Crippen LogP contribution is -2.49. The Kier molecular flexibility index (Phi) is 8.23. The van der Waals surface area contributed by atoms with Crippen molar-refractivity contribution in [2.45, 2.75) is 6.10 Å². The van der Waals surface area contributed by atoms with Gasteiger partial charge in [0.2, 0.25) is 0 Å². The number of aliphatic hydroxyl groups excluding tert-OH is 2. The second-order valence-corrected chi connectivity index (χ2v) is 7.88. The van der Waals surface area contributed by atoms with Gasteiger partial charge in [0.25, 0.3) is 5.69 Å². The smallest absolute Gasteiger partial charge is 0.292 e. The van der Waals surface area contributed by atoms with Crippen LogP contribution in [-0.4, -0.2) is 117 Å². The van der Waals surface area contributed by atoms with E-state index in [1.54, 1.807) is 13.2 Å². The van der Waals surface area contributed by atoms with Crippen molar-refractivity contribution in [2.24, 2.45) is 0 Å². The highest BCUT2D eigenvalue weighted by Gasteiger charge is 2.26. The van der Waals surface area contributed by atoms with Gasteiger partial charge in [-0.05, 0) is 12.1 Å². The van der Waals surface area contributed by atoms with E-state index in [0.717, 1.165) is 45.0 Å². The number of piperazine rings is 2. The van der Waals surface area contributed by atoms with Crippen molar-refractivity contribution in [1.82, 2.24) is 9.80 Å². The second kappa shape index (κ2) is 10.9. The van der Waals surface area contributed by atoms with Crippen LogP contribution in [0.15, 0.2) is 18.2 Å². The van der Waals surface area contributed by atoms with Gasteiger partial charge in [-0.25, -0.2) is 0 Å². The predicted molar refractivity (Wildman–Crippen MR) is 115 cm³/mol. The van der Waals surface area contributed by atoms with E-state index in [-0.39, 0.29) is 17.2 Å². The highest BCUT2D eigenvalue weighted by atomic mass is 16.6. The first kappa shape index (κ1) is 22.7. The zero-order chi connectivity index (χ0) is 21.5. The first-order valence-corrected chi connectivity index (χ1v) is 10.5. The SMILES string of the molecule is COC[C@@H](O)CN1CCN(c2ccc([N+](=O)[O-])c(N3CCN(CCO)CC3)c2)CC1. The Bertz CT molecular complexity index is 690. The van der Waals surface area contributed by atoms with Gasteiger partial charge in [-0.1, -0.05) is 0 Å². The van der Waals surface area contributed by atoms with Gasteiger partial charge in [-0.2, -0.15) is 0 Å². The summed E-state index contributed by atoms with van der Waals surface area (Å²) in [5, 5.41) is 30.7. The molecule has 0 aliphatic carbocycles. The highest BCUT2D eigenvalue weighted by Crippen LogP contribution is 2.33. The van der Waals surface area contributed by atoms with E-state index in [1.165, 1.54) is 0 Å². The van der Waals surface area contributed by atoms with Crippen LogP contribution in [0.2, 0.25) is 0 Å². The minimum Gasteiger partial charge on any atom is -0.395 e. The quantitative estimate of drug-likeness (QED) is 0.414. The van der Waals surface area contributed by atoms with E-state index < -0.39 is 6.10 Å². The molecule has 1 atom stereocenters. The summed E-state index contributed by atoms with van der Waals surface area (Å²) in [6.45, 7) is 7.92. The lowest BCUT2D eigenvalue weighted by Gasteiger charge is -2.38. The van der Waals surface area contributed by atoms with Crippen LogP contribution in [0.25, 0.3) is 0 Å². The van der Waals surface area contributed by atoms with Crippen LogP contribution in [0.1, 0.15) is 0 Å². The molecule has 0 radical (unpaired) electrons. The lowest BCUT2D eigenvalue weighted by molar-refractivity contribution is -0.384. The number of ether oxygens (including phenoxy) is 1. The van der Waals surface area contributed by atoms with Crippen molar-refractivity contribution in [3.05, 3.63) is 28.3 Å². The molecule has 1 aromatic rings. The molecule has 3 rings (SSSR count). The number of rotatable bonds is 9. The van der Waals surface area contributed by atoms with Crippen molar-refractivity contribution < 1.29 is 19.9 Å². The number of hydrogen-bond donors (Lipinski definition) is 2. The van der Waals surface area contributed by atoms with Gasteiger partial charge < -0.3 is 24.7 Å². The number of nitrogens with zero attached hydrogens (tertiary/aromatic N) is 5. The van der Waals surface area contributed by atoms with Crippen molar-refractivity contribution in [3.8, 4) is 0 Å². The van der Waals surface area contributed by atoms with Crippen LogP contribution >= 0.6 is 0 Å². The topological polar surface area (TPSA) is 106 Å². The maximum Gasteiger partial charge on any atom is 0.292 e. The monoisotopic (exact) mass is 423 g/mol. The molecule has 168 valence electrons. The largest absolute Gasteiger partial charge is 0.395 e. The third-order valence-corrected chi connectivity index (χ3v) is 5.85.